The molecule has 1 saturated heterocycles. The van der Waals surface area contributed by atoms with E-state index in [1.807, 2.05) is 18.2 Å². The monoisotopic (exact) mass is 375 g/mol. The number of hydrogen-bond donors (Lipinski definition) is 1. The average Bonchev–Trinajstić information content (AvgIpc) is 3.37. The molecule has 4 rings (SSSR count). The molecule has 3 aliphatic heterocycles. The van der Waals surface area contributed by atoms with Crippen LogP contribution in [-0.4, -0.2) is 68.2 Å². The number of nitrogens with zero attached hydrogens (tertiary/aromatic N) is 2. The standard InChI is InChI=1S/C18H21N3O6/c22-17(21-5-7-24-8-6-21)3-4-19-18(23)16-10-13(20-27-16)12-1-2-14-15(9-12)26-11-25-14/h1-2,9,16H,3-8,10-11H2,(H,19,23)/t16-/m0/s1. The second kappa shape index (κ2) is 7.83. The van der Waals surface area contributed by atoms with Gasteiger partial charge < -0.3 is 29.3 Å². The Morgan fingerprint density at radius 3 is 2.85 bits per heavy atom. The van der Waals surface area contributed by atoms with E-state index in [0.717, 1.165) is 5.56 Å². The number of carbonyl (C=O) groups is 2. The first-order valence-corrected chi connectivity index (χ1v) is 8.96. The summed E-state index contributed by atoms with van der Waals surface area (Å²) in [7, 11) is 0. The molecule has 9 heteroatoms. The maximum Gasteiger partial charge on any atom is 0.264 e. The topological polar surface area (TPSA) is 98.7 Å². The Balaban J connectivity index is 1.23. The quantitative estimate of drug-likeness (QED) is 0.793. The van der Waals surface area contributed by atoms with Crippen molar-refractivity contribution in [2.75, 3.05) is 39.6 Å². The van der Waals surface area contributed by atoms with Crippen LogP contribution in [0.3, 0.4) is 0 Å². The fourth-order valence-electron chi connectivity index (χ4n) is 3.14. The lowest BCUT2D eigenvalue weighted by molar-refractivity contribution is -0.135. The first-order chi connectivity index (χ1) is 13.2. The average molecular weight is 375 g/mol. The van der Waals surface area contributed by atoms with Crippen molar-refractivity contribution in [3.05, 3.63) is 23.8 Å². The SMILES string of the molecule is O=C(NCCC(=O)N1CCOCC1)[C@@H]1CC(c2ccc3c(c2)OCO3)=NO1. The molecule has 27 heavy (non-hydrogen) atoms. The normalized spacial score (nSPS) is 20.8. The summed E-state index contributed by atoms with van der Waals surface area (Å²) < 4.78 is 15.9. The zero-order valence-corrected chi connectivity index (χ0v) is 14.8. The van der Waals surface area contributed by atoms with E-state index in [-0.39, 0.29) is 31.6 Å². The van der Waals surface area contributed by atoms with Crippen molar-refractivity contribution >= 4 is 17.5 Å². The van der Waals surface area contributed by atoms with Gasteiger partial charge in [-0.25, -0.2) is 0 Å². The van der Waals surface area contributed by atoms with Crippen LogP contribution >= 0.6 is 0 Å². The molecular weight excluding hydrogens is 354 g/mol. The van der Waals surface area contributed by atoms with Crippen molar-refractivity contribution in [3.63, 3.8) is 0 Å². The van der Waals surface area contributed by atoms with Gasteiger partial charge in [-0.3, -0.25) is 9.59 Å². The third kappa shape index (κ3) is 3.97. The van der Waals surface area contributed by atoms with Crippen LogP contribution in [-0.2, 0) is 19.2 Å². The van der Waals surface area contributed by atoms with Gasteiger partial charge in [0.25, 0.3) is 5.91 Å². The molecular formula is C18H21N3O6. The predicted octanol–water partition coefficient (Wildman–Crippen LogP) is 0.273. The van der Waals surface area contributed by atoms with Gasteiger partial charge in [-0.15, -0.1) is 0 Å². The molecule has 0 aromatic heterocycles. The van der Waals surface area contributed by atoms with Gasteiger partial charge in [-0.1, -0.05) is 5.16 Å². The smallest absolute Gasteiger partial charge is 0.264 e. The number of hydrogen-bond acceptors (Lipinski definition) is 7. The molecule has 1 aromatic carbocycles. The van der Waals surface area contributed by atoms with E-state index in [9.17, 15) is 9.59 Å². The molecule has 1 fully saturated rings. The zero-order chi connectivity index (χ0) is 18.6. The molecule has 3 aliphatic rings. The summed E-state index contributed by atoms with van der Waals surface area (Å²) in [6.07, 6.45) is -0.0686. The van der Waals surface area contributed by atoms with Crippen LogP contribution in [0.15, 0.2) is 23.4 Å². The number of nitrogens with one attached hydrogen (secondary N) is 1. The van der Waals surface area contributed by atoms with E-state index in [1.54, 1.807) is 4.90 Å². The van der Waals surface area contributed by atoms with Crippen LogP contribution < -0.4 is 14.8 Å². The van der Waals surface area contributed by atoms with Gasteiger partial charge >= 0.3 is 0 Å². The van der Waals surface area contributed by atoms with Crippen molar-refractivity contribution in [2.45, 2.75) is 18.9 Å². The second-order valence-electron chi connectivity index (χ2n) is 6.44. The van der Waals surface area contributed by atoms with Gasteiger partial charge in [-0.2, -0.15) is 0 Å². The van der Waals surface area contributed by atoms with E-state index in [2.05, 4.69) is 10.5 Å². The highest BCUT2D eigenvalue weighted by Crippen LogP contribution is 2.33. The Labute approximate surface area is 156 Å². The lowest BCUT2D eigenvalue weighted by Crippen LogP contribution is -2.42. The maximum atomic E-state index is 12.3. The van der Waals surface area contributed by atoms with E-state index in [4.69, 9.17) is 19.0 Å². The van der Waals surface area contributed by atoms with Crippen molar-refractivity contribution in [2.24, 2.45) is 5.16 Å². The molecule has 9 nitrogen and oxygen atoms in total. The van der Waals surface area contributed by atoms with E-state index in [0.29, 0.717) is 49.9 Å². The van der Waals surface area contributed by atoms with Crippen LogP contribution in [0.5, 0.6) is 11.5 Å². The summed E-state index contributed by atoms with van der Waals surface area (Å²) in [5.41, 5.74) is 1.51. The number of oxime groups is 1. The largest absolute Gasteiger partial charge is 0.454 e. The van der Waals surface area contributed by atoms with Crippen molar-refractivity contribution in [1.82, 2.24) is 10.2 Å². The summed E-state index contributed by atoms with van der Waals surface area (Å²) in [5, 5.41) is 6.77. The molecule has 3 heterocycles. The molecule has 0 bridgehead atoms. The van der Waals surface area contributed by atoms with Crippen molar-refractivity contribution in [3.8, 4) is 11.5 Å². The molecule has 0 saturated carbocycles. The van der Waals surface area contributed by atoms with Gasteiger partial charge in [0.1, 0.15) is 0 Å². The summed E-state index contributed by atoms with van der Waals surface area (Å²) in [5.74, 6) is 1.09. The highest BCUT2D eigenvalue weighted by Gasteiger charge is 2.29. The number of fused-ring (bicyclic) bond motifs is 1. The molecule has 0 spiro atoms. The molecule has 144 valence electrons. The maximum absolute atomic E-state index is 12.3. The van der Waals surface area contributed by atoms with Gasteiger partial charge in [0, 0.05) is 38.0 Å². The Morgan fingerprint density at radius 1 is 1.19 bits per heavy atom. The Bertz CT molecular complexity index is 759. The molecule has 0 radical (unpaired) electrons. The molecule has 1 atom stereocenters. The first-order valence-electron chi connectivity index (χ1n) is 8.96. The fraction of sp³-hybridized carbons (Fsp3) is 0.500. The minimum absolute atomic E-state index is 0.0169. The minimum Gasteiger partial charge on any atom is -0.454 e. The summed E-state index contributed by atoms with van der Waals surface area (Å²) in [4.78, 5) is 31.4. The summed E-state index contributed by atoms with van der Waals surface area (Å²) in [6, 6.07) is 5.49. The van der Waals surface area contributed by atoms with Crippen LogP contribution in [0.25, 0.3) is 0 Å². The van der Waals surface area contributed by atoms with Gasteiger partial charge in [0.15, 0.2) is 11.5 Å². The number of amides is 2. The number of carbonyl (C=O) groups excluding carboxylic acids is 2. The van der Waals surface area contributed by atoms with E-state index in [1.165, 1.54) is 0 Å². The predicted molar refractivity (Wildman–Crippen MR) is 93.6 cm³/mol. The van der Waals surface area contributed by atoms with Gasteiger partial charge in [0.2, 0.25) is 18.8 Å². The van der Waals surface area contributed by atoms with Crippen molar-refractivity contribution in [1.29, 1.82) is 0 Å². The fourth-order valence-corrected chi connectivity index (χ4v) is 3.14. The highest BCUT2D eigenvalue weighted by molar-refractivity contribution is 6.04. The molecule has 0 aliphatic carbocycles. The molecule has 1 N–H and O–H groups in total. The molecule has 0 unspecified atom stereocenters. The van der Waals surface area contributed by atoms with Crippen LogP contribution in [0.1, 0.15) is 18.4 Å². The van der Waals surface area contributed by atoms with E-state index >= 15 is 0 Å². The third-order valence-electron chi connectivity index (χ3n) is 4.67. The Kier molecular flexibility index (Phi) is 5.10. The summed E-state index contributed by atoms with van der Waals surface area (Å²) in [6.45, 7) is 2.81. The van der Waals surface area contributed by atoms with E-state index < -0.39 is 6.10 Å². The van der Waals surface area contributed by atoms with Crippen LogP contribution in [0.4, 0.5) is 0 Å². The zero-order valence-electron chi connectivity index (χ0n) is 14.8. The van der Waals surface area contributed by atoms with Gasteiger partial charge in [0.05, 0.1) is 18.9 Å². The Morgan fingerprint density at radius 2 is 2.00 bits per heavy atom. The second-order valence-corrected chi connectivity index (χ2v) is 6.44. The number of ether oxygens (including phenoxy) is 3. The minimum atomic E-state index is -0.691. The number of morpholine rings is 1. The summed E-state index contributed by atoms with van der Waals surface area (Å²) >= 11 is 0. The van der Waals surface area contributed by atoms with Crippen LogP contribution in [0.2, 0.25) is 0 Å². The third-order valence-corrected chi connectivity index (χ3v) is 4.67. The highest BCUT2D eigenvalue weighted by atomic mass is 16.7. The first kappa shape index (κ1) is 17.6. The lowest BCUT2D eigenvalue weighted by atomic mass is 10.0. The van der Waals surface area contributed by atoms with Crippen molar-refractivity contribution < 1.29 is 28.6 Å². The molecule has 2 amide bonds. The number of rotatable bonds is 5. The van der Waals surface area contributed by atoms with Crippen LogP contribution in [0, 0.1) is 0 Å². The lowest BCUT2D eigenvalue weighted by Gasteiger charge is -2.26. The Hall–Kier alpha value is -2.81. The number of benzene rings is 1. The molecule has 1 aromatic rings. The van der Waals surface area contributed by atoms with Gasteiger partial charge in [-0.05, 0) is 18.2 Å².